The van der Waals surface area contributed by atoms with Crippen molar-refractivity contribution in [2.75, 3.05) is 6.61 Å². The van der Waals surface area contributed by atoms with Gasteiger partial charge in [-0.2, -0.15) is 0 Å². The van der Waals surface area contributed by atoms with E-state index in [9.17, 15) is 9.90 Å². The number of hydrogen-bond donors (Lipinski definition) is 1. The van der Waals surface area contributed by atoms with Gasteiger partial charge in [-0.15, -0.1) is 0 Å². The van der Waals surface area contributed by atoms with Gasteiger partial charge >= 0.3 is 0 Å². The smallest absolute Gasteiger partial charge is 0.261 e. The van der Waals surface area contributed by atoms with Gasteiger partial charge in [-0.1, -0.05) is 40.2 Å². The lowest BCUT2D eigenvalue weighted by Gasteiger charge is -2.16. The molecule has 21 heavy (non-hydrogen) atoms. The highest BCUT2D eigenvalue weighted by Crippen LogP contribution is 2.29. The molecule has 4 nitrogen and oxygen atoms in total. The monoisotopic (exact) mass is 347 g/mol. The lowest BCUT2D eigenvalue weighted by molar-refractivity contribution is -0.134. The lowest BCUT2D eigenvalue weighted by atomic mass is 10.1. The maximum absolute atomic E-state index is 12.2. The number of phenols is 1. The zero-order valence-corrected chi connectivity index (χ0v) is 12.8. The van der Waals surface area contributed by atoms with Crippen molar-refractivity contribution in [1.82, 2.24) is 4.90 Å². The second-order valence-corrected chi connectivity index (χ2v) is 5.74. The number of fused-ring (bicyclic) bond motifs is 1. The molecule has 0 aliphatic carbocycles. The Labute approximate surface area is 131 Å². The van der Waals surface area contributed by atoms with Crippen LogP contribution in [0.1, 0.15) is 11.1 Å². The molecule has 0 spiro atoms. The number of nitrogens with zero attached hydrogens (tertiary/aromatic N) is 1. The van der Waals surface area contributed by atoms with Gasteiger partial charge in [0.2, 0.25) is 0 Å². The summed E-state index contributed by atoms with van der Waals surface area (Å²) >= 11 is 3.51. The highest BCUT2D eigenvalue weighted by Gasteiger charge is 2.25. The van der Waals surface area contributed by atoms with Crippen LogP contribution in [-0.2, 0) is 17.9 Å². The average molecular weight is 348 g/mol. The van der Waals surface area contributed by atoms with Crippen LogP contribution in [0.15, 0.2) is 46.9 Å². The number of ether oxygens (including phenoxy) is 1. The minimum atomic E-state index is -0.0960. The molecule has 1 heterocycles. The van der Waals surface area contributed by atoms with Crippen molar-refractivity contribution in [3.8, 4) is 11.5 Å². The molecule has 2 aromatic rings. The number of carbonyl (C=O) groups is 1. The summed E-state index contributed by atoms with van der Waals surface area (Å²) < 4.78 is 6.41. The highest BCUT2D eigenvalue weighted by molar-refractivity contribution is 9.10. The van der Waals surface area contributed by atoms with Crippen LogP contribution in [0.2, 0.25) is 0 Å². The predicted octanol–water partition coefficient (Wildman–Crippen LogP) is 3.08. The number of carbonyl (C=O) groups excluding carboxylic acids is 1. The molecule has 0 radical (unpaired) electrons. The van der Waals surface area contributed by atoms with E-state index < -0.39 is 0 Å². The van der Waals surface area contributed by atoms with E-state index in [0.29, 0.717) is 18.8 Å². The molecule has 0 atom stereocenters. The molecule has 0 saturated heterocycles. The van der Waals surface area contributed by atoms with Gasteiger partial charge in [-0.25, -0.2) is 0 Å². The van der Waals surface area contributed by atoms with Gasteiger partial charge in [0.1, 0.15) is 0 Å². The minimum absolute atomic E-state index is 0.0396. The van der Waals surface area contributed by atoms with Crippen LogP contribution in [0, 0.1) is 0 Å². The third-order valence-electron chi connectivity index (χ3n) is 3.50. The predicted molar refractivity (Wildman–Crippen MR) is 82.0 cm³/mol. The SMILES string of the molecule is O=C(COc1ccccc1O)N1Cc2cccc(Br)c2C1. The Morgan fingerprint density at radius 1 is 1.19 bits per heavy atom. The van der Waals surface area contributed by atoms with Gasteiger partial charge in [0, 0.05) is 17.6 Å². The Kier molecular flexibility index (Phi) is 3.84. The lowest BCUT2D eigenvalue weighted by Crippen LogP contribution is -2.30. The fourth-order valence-electron chi connectivity index (χ4n) is 2.37. The topological polar surface area (TPSA) is 49.8 Å². The maximum atomic E-state index is 12.2. The Hall–Kier alpha value is -2.01. The average Bonchev–Trinajstić information content (AvgIpc) is 2.92. The summed E-state index contributed by atoms with van der Waals surface area (Å²) in [6, 6.07) is 12.6. The molecule has 1 amide bonds. The zero-order valence-electron chi connectivity index (χ0n) is 11.3. The van der Waals surface area contributed by atoms with E-state index in [4.69, 9.17) is 4.74 Å². The van der Waals surface area contributed by atoms with Gasteiger partial charge in [-0.05, 0) is 29.3 Å². The number of phenolic OH excluding ortho intramolecular Hbond substituents is 1. The van der Waals surface area contributed by atoms with E-state index in [1.165, 1.54) is 6.07 Å². The fraction of sp³-hybridized carbons (Fsp3) is 0.188. The van der Waals surface area contributed by atoms with Crippen molar-refractivity contribution in [3.05, 3.63) is 58.1 Å². The largest absolute Gasteiger partial charge is 0.504 e. The van der Waals surface area contributed by atoms with Gasteiger partial charge in [0.25, 0.3) is 5.91 Å². The van der Waals surface area contributed by atoms with Crippen molar-refractivity contribution in [1.29, 1.82) is 0 Å². The second-order valence-electron chi connectivity index (χ2n) is 4.88. The maximum Gasteiger partial charge on any atom is 0.261 e. The zero-order chi connectivity index (χ0) is 14.8. The van der Waals surface area contributed by atoms with E-state index in [0.717, 1.165) is 15.6 Å². The minimum Gasteiger partial charge on any atom is -0.504 e. The number of benzene rings is 2. The Bertz CT molecular complexity index is 687. The molecule has 2 aromatic carbocycles. The van der Waals surface area contributed by atoms with Crippen molar-refractivity contribution in [2.24, 2.45) is 0 Å². The summed E-state index contributed by atoms with van der Waals surface area (Å²) in [5.41, 5.74) is 2.30. The molecular weight excluding hydrogens is 334 g/mol. The molecule has 0 aromatic heterocycles. The first kappa shape index (κ1) is 13.9. The summed E-state index contributed by atoms with van der Waals surface area (Å²) in [5, 5.41) is 9.61. The van der Waals surface area contributed by atoms with Crippen LogP contribution in [0.3, 0.4) is 0 Å². The molecule has 3 rings (SSSR count). The number of aromatic hydroxyl groups is 1. The van der Waals surface area contributed by atoms with Crippen LogP contribution >= 0.6 is 15.9 Å². The van der Waals surface area contributed by atoms with Crippen LogP contribution in [0.25, 0.3) is 0 Å². The first-order valence-corrected chi connectivity index (χ1v) is 7.39. The highest BCUT2D eigenvalue weighted by atomic mass is 79.9. The molecule has 108 valence electrons. The van der Waals surface area contributed by atoms with E-state index in [1.807, 2.05) is 18.2 Å². The molecule has 0 saturated carbocycles. The molecule has 0 unspecified atom stereocenters. The summed E-state index contributed by atoms with van der Waals surface area (Å²) in [7, 11) is 0. The standard InChI is InChI=1S/C16H14BrNO3/c17-13-5-3-4-11-8-18(9-12(11)13)16(20)10-21-15-7-2-1-6-14(15)19/h1-7,19H,8-10H2. The van der Waals surface area contributed by atoms with E-state index in [1.54, 1.807) is 23.1 Å². The number of rotatable bonds is 3. The van der Waals surface area contributed by atoms with Crippen LogP contribution in [0.4, 0.5) is 0 Å². The van der Waals surface area contributed by atoms with Crippen LogP contribution < -0.4 is 4.74 Å². The van der Waals surface area contributed by atoms with Gasteiger partial charge in [0.05, 0.1) is 0 Å². The summed E-state index contributed by atoms with van der Waals surface area (Å²) in [5.74, 6) is 0.267. The Morgan fingerprint density at radius 2 is 2.00 bits per heavy atom. The Morgan fingerprint density at radius 3 is 2.76 bits per heavy atom. The van der Waals surface area contributed by atoms with Crippen molar-refractivity contribution < 1.29 is 14.6 Å². The molecule has 1 aliphatic heterocycles. The molecule has 0 bridgehead atoms. The summed E-state index contributed by atoms with van der Waals surface area (Å²) in [6.45, 7) is 1.10. The summed E-state index contributed by atoms with van der Waals surface area (Å²) in [6.07, 6.45) is 0. The molecule has 0 fully saturated rings. The molecule has 5 heteroatoms. The van der Waals surface area contributed by atoms with Crippen LogP contribution in [-0.4, -0.2) is 22.5 Å². The van der Waals surface area contributed by atoms with E-state index in [2.05, 4.69) is 15.9 Å². The first-order valence-electron chi connectivity index (χ1n) is 6.60. The summed E-state index contributed by atoms with van der Waals surface area (Å²) in [4.78, 5) is 14.0. The number of amides is 1. The molecule has 1 aliphatic rings. The quantitative estimate of drug-likeness (QED) is 0.928. The van der Waals surface area contributed by atoms with Crippen molar-refractivity contribution in [3.63, 3.8) is 0 Å². The fourth-order valence-corrected chi connectivity index (χ4v) is 2.90. The number of halogens is 1. The number of para-hydroxylation sites is 2. The van der Waals surface area contributed by atoms with E-state index >= 15 is 0 Å². The third-order valence-corrected chi connectivity index (χ3v) is 4.24. The number of hydrogen-bond acceptors (Lipinski definition) is 3. The molecule has 1 N–H and O–H groups in total. The van der Waals surface area contributed by atoms with Gasteiger partial charge < -0.3 is 14.7 Å². The van der Waals surface area contributed by atoms with E-state index in [-0.39, 0.29) is 18.3 Å². The normalized spacial score (nSPS) is 13.1. The van der Waals surface area contributed by atoms with Gasteiger partial charge in [0.15, 0.2) is 18.1 Å². The Balaban J connectivity index is 1.63. The first-order chi connectivity index (χ1) is 10.1. The van der Waals surface area contributed by atoms with Crippen LogP contribution in [0.5, 0.6) is 11.5 Å². The van der Waals surface area contributed by atoms with Crippen molar-refractivity contribution >= 4 is 21.8 Å². The second kappa shape index (κ2) is 5.77. The molecular formula is C16H14BrNO3. The van der Waals surface area contributed by atoms with Crippen molar-refractivity contribution in [2.45, 2.75) is 13.1 Å². The third kappa shape index (κ3) is 2.88. The van der Waals surface area contributed by atoms with Gasteiger partial charge in [-0.3, -0.25) is 4.79 Å².